The number of hydrogen-bond acceptors (Lipinski definition) is 3. The quantitative estimate of drug-likeness (QED) is 0.844. The summed E-state index contributed by atoms with van der Waals surface area (Å²) in [6.45, 7) is 0.272. The van der Waals surface area contributed by atoms with Crippen LogP contribution in [0, 0.1) is 23.0 Å². The van der Waals surface area contributed by atoms with Gasteiger partial charge in [-0.3, -0.25) is 9.59 Å². The van der Waals surface area contributed by atoms with E-state index < -0.39 is 17.5 Å². The molecule has 128 valence electrons. The first-order valence-corrected chi connectivity index (χ1v) is 7.48. The van der Waals surface area contributed by atoms with E-state index in [1.165, 1.54) is 0 Å². The zero-order valence-electron chi connectivity index (χ0n) is 13.2. The van der Waals surface area contributed by atoms with E-state index in [1.54, 1.807) is 24.3 Å². The van der Waals surface area contributed by atoms with Crippen LogP contribution in [0.5, 0.6) is 0 Å². The standard InChI is InChI=1S/C18H15F2N3O2/c19-14-4-5-15(16(20)9-14)18(25)22-7-6-17(24)23-11-13-3-1-2-12(8-13)10-21/h1-5,8-9H,6-7,11H2,(H,22,25)(H,23,24). The molecule has 0 unspecified atom stereocenters. The van der Waals surface area contributed by atoms with E-state index >= 15 is 0 Å². The molecule has 2 amide bonds. The van der Waals surface area contributed by atoms with Gasteiger partial charge in [0.2, 0.25) is 5.91 Å². The summed E-state index contributed by atoms with van der Waals surface area (Å²) >= 11 is 0. The van der Waals surface area contributed by atoms with Crippen molar-refractivity contribution < 1.29 is 18.4 Å². The molecule has 7 heteroatoms. The fourth-order valence-corrected chi connectivity index (χ4v) is 2.10. The van der Waals surface area contributed by atoms with E-state index in [0.29, 0.717) is 11.6 Å². The molecule has 0 radical (unpaired) electrons. The molecule has 0 atom stereocenters. The Labute approximate surface area is 143 Å². The van der Waals surface area contributed by atoms with Gasteiger partial charge in [-0.15, -0.1) is 0 Å². The van der Waals surface area contributed by atoms with E-state index in [0.717, 1.165) is 17.7 Å². The van der Waals surface area contributed by atoms with Crippen LogP contribution in [0.25, 0.3) is 0 Å². The minimum atomic E-state index is -0.959. The third-order valence-electron chi connectivity index (χ3n) is 3.36. The molecule has 0 saturated heterocycles. The normalized spacial score (nSPS) is 9.96. The summed E-state index contributed by atoms with van der Waals surface area (Å²) in [4.78, 5) is 23.5. The van der Waals surface area contributed by atoms with Gasteiger partial charge >= 0.3 is 0 Å². The van der Waals surface area contributed by atoms with Gasteiger partial charge in [0.05, 0.1) is 17.2 Å². The Kier molecular flexibility index (Phi) is 6.18. The number of hydrogen-bond donors (Lipinski definition) is 2. The number of carbonyl (C=O) groups excluding carboxylic acids is 2. The SMILES string of the molecule is N#Cc1cccc(CNC(=O)CCNC(=O)c2ccc(F)cc2F)c1. The number of amides is 2. The number of benzene rings is 2. The topological polar surface area (TPSA) is 82.0 Å². The number of carbonyl (C=O) groups is 2. The van der Waals surface area contributed by atoms with Crippen LogP contribution < -0.4 is 10.6 Å². The lowest BCUT2D eigenvalue weighted by Gasteiger charge is -2.08. The molecule has 2 aromatic carbocycles. The van der Waals surface area contributed by atoms with Gasteiger partial charge < -0.3 is 10.6 Å². The minimum Gasteiger partial charge on any atom is -0.352 e. The maximum atomic E-state index is 13.5. The first-order chi connectivity index (χ1) is 12.0. The number of nitrogens with zero attached hydrogens (tertiary/aromatic N) is 1. The van der Waals surface area contributed by atoms with Crippen LogP contribution in [0.2, 0.25) is 0 Å². The van der Waals surface area contributed by atoms with Crippen molar-refractivity contribution in [2.45, 2.75) is 13.0 Å². The van der Waals surface area contributed by atoms with Gasteiger partial charge in [-0.05, 0) is 29.8 Å². The second-order valence-corrected chi connectivity index (χ2v) is 5.22. The van der Waals surface area contributed by atoms with Gasteiger partial charge in [0, 0.05) is 25.6 Å². The maximum Gasteiger partial charge on any atom is 0.254 e. The predicted octanol–water partition coefficient (Wildman–Crippen LogP) is 2.27. The first kappa shape index (κ1) is 18.1. The summed E-state index contributed by atoms with van der Waals surface area (Å²) in [7, 11) is 0. The predicted molar refractivity (Wildman–Crippen MR) is 86.3 cm³/mol. The smallest absolute Gasteiger partial charge is 0.254 e. The lowest BCUT2D eigenvalue weighted by Crippen LogP contribution is -2.31. The van der Waals surface area contributed by atoms with Crippen LogP contribution in [0.15, 0.2) is 42.5 Å². The lowest BCUT2D eigenvalue weighted by atomic mass is 10.1. The van der Waals surface area contributed by atoms with Crippen molar-refractivity contribution in [3.63, 3.8) is 0 Å². The maximum absolute atomic E-state index is 13.5. The molecule has 2 N–H and O–H groups in total. The zero-order valence-corrected chi connectivity index (χ0v) is 13.2. The highest BCUT2D eigenvalue weighted by molar-refractivity contribution is 5.94. The van der Waals surface area contributed by atoms with Gasteiger partial charge in [-0.1, -0.05) is 12.1 Å². The Hall–Kier alpha value is -3.27. The van der Waals surface area contributed by atoms with E-state index in [2.05, 4.69) is 10.6 Å². The third kappa shape index (κ3) is 5.39. The summed E-state index contributed by atoms with van der Waals surface area (Å²) < 4.78 is 26.3. The Bertz CT molecular complexity index is 831. The zero-order chi connectivity index (χ0) is 18.2. The van der Waals surface area contributed by atoms with Crippen molar-refractivity contribution in [2.24, 2.45) is 0 Å². The average Bonchev–Trinajstić information content (AvgIpc) is 2.60. The third-order valence-corrected chi connectivity index (χ3v) is 3.36. The highest BCUT2D eigenvalue weighted by atomic mass is 19.1. The Morgan fingerprint density at radius 3 is 2.60 bits per heavy atom. The molecule has 0 aliphatic heterocycles. The van der Waals surface area contributed by atoms with Gasteiger partial charge in [0.25, 0.3) is 5.91 Å². The highest BCUT2D eigenvalue weighted by Crippen LogP contribution is 2.09. The van der Waals surface area contributed by atoms with Crippen LogP contribution in [-0.2, 0) is 11.3 Å². The highest BCUT2D eigenvalue weighted by Gasteiger charge is 2.12. The van der Waals surface area contributed by atoms with Crippen LogP contribution in [-0.4, -0.2) is 18.4 Å². The number of nitrogens with one attached hydrogen (secondary N) is 2. The van der Waals surface area contributed by atoms with E-state index in [9.17, 15) is 18.4 Å². The van der Waals surface area contributed by atoms with Crippen molar-refractivity contribution in [1.29, 1.82) is 5.26 Å². The minimum absolute atomic E-state index is 0.00644. The largest absolute Gasteiger partial charge is 0.352 e. The fraction of sp³-hybridized carbons (Fsp3) is 0.167. The average molecular weight is 343 g/mol. The van der Waals surface area contributed by atoms with Crippen LogP contribution in [0.3, 0.4) is 0 Å². The molecular formula is C18H15F2N3O2. The van der Waals surface area contributed by atoms with Gasteiger partial charge in [0.15, 0.2) is 0 Å². The van der Waals surface area contributed by atoms with Gasteiger partial charge in [0.1, 0.15) is 11.6 Å². The lowest BCUT2D eigenvalue weighted by molar-refractivity contribution is -0.121. The van der Waals surface area contributed by atoms with E-state index in [1.807, 2.05) is 6.07 Å². The van der Waals surface area contributed by atoms with Crippen LogP contribution in [0.1, 0.15) is 27.9 Å². The van der Waals surface area contributed by atoms with E-state index in [4.69, 9.17) is 5.26 Å². The molecule has 2 aromatic rings. The number of nitriles is 1. The van der Waals surface area contributed by atoms with Crippen LogP contribution >= 0.6 is 0 Å². The van der Waals surface area contributed by atoms with Crippen molar-refractivity contribution in [3.8, 4) is 6.07 Å². The van der Waals surface area contributed by atoms with Gasteiger partial charge in [-0.25, -0.2) is 8.78 Å². The molecule has 0 aromatic heterocycles. The molecule has 5 nitrogen and oxygen atoms in total. The Morgan fingerprint density at radius 1 is 1.08 bits per heavy atom. The second-order valence-electron chi connectivity index (χ2n) is 5.22. The van der Waals surface area contributed by atoms with E-state index in [-0.39, 0.29) is 31.0 Å². The molecule has 2 rings (SSSR count). The van der Waals surface area contributed by atoms with Crippen molar-refractivity contribution in [1.82, 2.24) is 10.6 Å². The van der Waals surface area contributed by atoms with Gasteiger partial charge in [-0.2, -0.15) is 5.26 Å². The summed E-state index contributed by atoms with van der Waals surface area (Å²) in [5.41, 5.74) is 1.00. The van der Waals surface area contributed by atoms with Crippen molar-refractivity contribution in [2.75, 3.05) is 6.54 Å². The summed E-state index contributed by atoms with van der Waals surface area (Å²) in [6, 6.07) is 11.5. The molecule has 0 heterocycles. The molecule has 0 aliphatic carbocycles. The van der Waals surface area contributed by atoms with Crippen molar-refractivity contribution in [3.05, 3.63) is 70.8 Å². The Morgan fingerprint density at radius 2 is 1.88 bits per heavy atom. The molecule has 0 aliphatic rings. The summed E-state index contributed by atoms with van der Waals surface area (Å²) in [5, 5.41) is 13.9. The Balaban J connectivity index is 1.76. The molecule has 0 saturated carbocycles. The van der Waals surface area contributed by atoms with Crippen LogP contribution in [0.4, 0.5) is 8.78 Å². The monoisotopic (exact) mass is 343 g/mol. The summed E-state index contributed by atoms with van der Waals surface area (Å²) in [5.74, 6) is -2.75. The second kappa shape index (κ2) is 8.55. The first-order valence-electron chi connectivity index (χ1n) is 7.48. The number of rotatable bonds is 6. The molecular weight excluding hydrogens is 328 g/mol. The fourth-order valence-electron chi connectivity index (χ4n) is 2.10. The molecule has 0 bridgehead atoms. The van der Waals surface area contributed by atoms with Crippen molar-refractivity contribution >= 4 is 11.8 Å². The summed E-state index contributed by atoms with van der Waals surface area (Å²) in [6.07, 6.45) is 0.00644. The molecule has 25 heavy (non-hydrogen) atoms. The number of halogens is 2. The molecule has 0 spiro atoms. The molecule has 0 fully saturated rings.